The Morgan fingerprint density at radius 2 is 1.45 bits per heavy atom. The molecule has 22 heavy (non-hydrogen) atoms. The van der Waals surface area contributed by atoms with Crippen molar-refractivity contribution >= 4 is 17.3 Å². The van der Waals surface area contributed by atoms with Gasteiger partial charge in [0.1, 0.15) is 0 Å². The largest absolute Gasteiger partial charge is 0.399 e. The molecule has 3 rings (SSSR count). The van der Waals surface area contributed by atoms with Gasteiger partial charge in [0.05, 0.1) is 0 Å². The fraction of sp³-hybridized carbons (Fsp3) is 0. The SMILES string of the molecule is Nc1cccc(NC(=O)c2ccc(-c3ccccc3)cc2)c1. The summed E-state index contributed by atoms with van der Waals surface area (Å²) in [6.45, 7) is 0. The number of amides is 1. The van der Waals surface area contributed by atoms with Crippen LogP contribution in [0.1, 0.15) is 10.4 Å². The predicted octanol–water partition coefficient (Wildman–Crippen LogP) is 4.19. The number of anilines is 2. The Labute approximate surface area is 129 Å². The molecule has 0 heterocycles. The molecule has 0 saturated carbocycles. The summed E-state index contributed by atoms with van der Waals surface area (Å²) in [5, 5.41) is 2.84. The number of carbonyl (C=O) groups is 1. The van der Waals surface area contributed by atoms with Crippen LogP contribution in [0, 0.1) is 0 Å². The van der Waals surface area contributed by atoms with Gasteiger partial charge in [0, 0.05) is 16.9 Å². The lowest BCUT2D eigenvalue weighted by Crippen LogP contribution is -2.11. The Bertz CT molecular complexity index is 780. The highest BCUT2D eigenvalue weighted by Gasteiger charge is 2.06. The first-order valence-corrected chi connectivity index (χ1v) is 7.05. The van der Waals surface area contributed by atoms with Crippen LogP contribution in [-0.4, -0.2) is 5.91 Å². The van der Waals surface area contributed by atoms with E-state index >= 15 is 0 Å². The maximum atomic E-state index is 12.2. The van der Waals surface area contributed by atoms with E-state index in [4.69, 9.17) is 5.73 Å². The molecule has 0 atom stereocenters. The van der Waals surface area contributed by atoms with Gasteiger partial charge in [-0.2, -0.15) is 0 Å². The summed E-state index contributed by atoms with van der Waals surface area (Å²) in [7, 11) is 0. The summed E-state index contributed by atoms with van der Waals surface area (Å²) in [6, 6.07) is 24.7. The highest BCUT2D eigenvalue weighted by Crippen LogP contribution is 2.20. The average Bonchev–Trinajstić information content (AvgIpc) is 2.56. The molecule has 0 bridgehead atoms. The Morgan fingerprint density at radius 3 is 2.14 bits per heavy atom. The van der Waals surface area contributed by atoms with Crippen molar-refractivity contribution < 1.29 is 4.79 Å². The van der Waals surface area contributed by atoms with Crippen molar-refractivity contribution in [3.8, 4) is 11.1 Å². The molecule has 3 nitrogen and oxygen atoms in total. The van der Waals surface area contributed by atoms with Crippen molar-refractivity contribution in [2.45, 2.75) is 0 Å². The molecular weight excluding hydrogens is 272 g/mol. The minimum Gasteiger partial charge on any atom is -0.399 e. The number of benzene rings is 3. The molecule has 0 spiro atoms. The molecule has 1 amide bonds. The van der Waals surface area contributed by atoms with Crippen LogP contribution >= 0.6 is 0 Å². The number of carbonyl (C=O) groups excluding carboxylic acids is 1. The average molecular weight is 288 g/mol. The summed E-state index contributed by atoms with van der Waals surface area (Å²) < 4.78 is 0. The van der Waals surface area contributed by atoms with E-state index in [1.54, 1.807) is 12.1 Å². The molecule has 0 saturated heterocycles. The van der Waals surface area contributed by atoms with Crippen molar-refractivity contribution in [2.75, 3.05) is 11.1 Å². The second-order valence-corrected chi connectivity index (χ2v) is 5.02. The minimum atomic E-state index is -0.148. The number of hydrogen-bond acceptors (Lipinski definition) is 2. The van der Waals surface area contributed by atoms with Gasteiger partial charge in [0.15, 0.2) is 0 Å². The Kier molecular flexibility index (Phi) is 3.88. The third-order valence-electron chi connectivity index (χ3n) is 3.40. The lowest BCUT2D eigenvalue weighted by molar-refractivity contribution is 0.102. The quantitative estimate of drug-likeness (QED) is 0.710. The number of hydrogen-bond donors (Lipinski definition) is 2. The standard InChI is InChI=1S/C19H16N2O/c20-17-7-4-8-18(13-17)21-19(22)16-11-9-15(10-12-16)14-5-2-1-3-6-14/h1-13H,20H2,(H,21,22). The first-order chi connectivity index (χ1) is 10.7. The van der Waals surface area contributed by atoms with E-state index in [2.05, 4.69) is 5.32 Å². The van der Waals surface area contributed by atoms with Gasteiger partial charge in [-0.3, -0.25) is 4.79 Å². The topological polar surface area (TPSA) is 55.1 Å². The zero-order valence-electron chi connectivity index (χ0n) is 12.0. The predicted molar refractivity (Wildman–Crippen MR) is 90.7 cm³/mol. The molecule has 0 aliphatic rings. The Morgan fingerprint density at radius 1 is 0.773 bits per heavy atom. The molecule has 0 aliphatic heterocycles. The van der Waals surface area contributed by atoms with Crippen molar-refractivity contribution in [3.63, 3.8) is 0 Å². The van der Waals surface area contributed by atoms with Gasteiger partial charge in [0.2, 0.25) is 0 Å². The number of nitrogens with one attached hydrogen (secondary N) is 1. The fourth-order valence-corrected chi connectivity index (χ4v) is 2.26. The van der Waals surface area contributed by atoms with E-state index in [-0.39, 0.29) is 5.91 Å². The number of nitrogen functional groups attached to an aromatic ring is 1. The fourth-order valence-electron chi connectivity index (χ4n) is 2.26. The van der Waals surface area contributed by atoms with Gasteiger partial charge >= 0.3 is 0 Å². The van der Waals surface area contributed by atoms with Crippen LogP contribution in [0.25, 0.3) is 11.1 Å². The summed E-state index contributed by atoms with van der Waals surface area (Å²) in [4.78, 5) is 12.2. The molecular formula is C19H16N2O. The monoisotopic (exact) mass is 288 g/mol. The van der Waals surface area contributed by atoms with Gasteiger partial charge in [-0.25, -0.2) is 0 Å². The van der Waals surface area contributed by atoms with Crippen molar-refractivity contribution in [2.24, 2.45) is 0 Å². The maximum Gasteiger partial charge on any atom is 0.255 e. The maximum absolute atomic E-state index is 12.2. The van der Waals surface area contributed by atoms with E-state index in [0.29, 0.717) is 16.9 Å². The summed E-state index contributed by atoms with van der Waals surface area (Å²) in [5.74, 6) is -0.148. The molecule has 3 N–H and O–H groups in total. The highest BCUT2D eigenvalue weighted by molar-refractivity contribution is 6.04. The van der Waals surface area contributed by atoms with E-state index in [1.165, 1.54) is 0 Å². The van der Waals surface area contributed by atoms with E-state index in [9.17, 15) is 4.79 Å². The van der Waals surface area contributed by atoms with Crippen LogP contribution in [0.2, 0.25) is 0 Å². The van der Waals surface area contributed by atoms with Crippen LogP contribution < -0.4 is 11.1 Å². The molecule has 0 radical (unpaired) electrons. The molecule has 0 aromatic heterocycles. The van der Waals surface area contributed by atoms with Gasteiger partial charge in [-0.05, 0) is 41.5 Å². The lowest BCUT2D eigenvalue weighted by atomic mass is 10.0. The smallest absolute Gasteiger partial charge is 0.255 e. The van der Waals surface area contributed by atoms with Crippen LogP contribution in [0.15, 0.2) is 78.9 Å². The lowest BCUT2D eigenvalue weighted by Gasteiger charge is -2.07. The molecule has 3 aromatic rings. The molecule has 0 unspecified atom stereocenters. The van der Waals surface area contributed by atoms with Gasteiger partial charge in [-0.15, -0.1) is 0 Å². The van der Waals surface area contributed by atoms with Crippen LogP contribution in [0.4, 0.5) is 11.4 Å². The molecule has 3 heteroatoms. The Balaban J connectivity index is 1.76. The van der Waals surface area contributed by atoms with E-state index in [0.717, 1.165) is 11.1 Å². The van der Waals surface area contributed by atoms with Gasteiger partial charge in [0.25, 0.3) is 5.91 Å². The third-order valence-corrected chi connectivity index (χ3v) is 3.40. The second kappa shape index (κ2) is 6.14. The Hall–Kier alpha value is -3.07. The third kappa shape index (κ3) is 3.15. The first kappa shape index (κ1) is 13.9. The van der Waals surface area contributed by atoms with Crippen LogP contribution in [0.5, 0.6) is 0 Å². The molecule has 0 aliphatic carbocycles. The van der Waals surface area contributed by atoms with Crippen molar-refractivity contribution in [1.82, 2.24) is 0 Å². The minimum absolute atomic E-state index is 0.148. The summed E-state index contributed by atoms with van der Waals surface area (Å²) in [5.41, 5.74) is 9.85. The van der Waals surface area contributed by atoms with Crippen LogP contribution in [-0.2, 0) is 0 Å². The molecule has 3 aromatic carbocycles. The zero-order chi connectivity index (χ0) is 15.4. The zero-order valence-corrected chi connectivity index (χ0v) is 12.0. The van der Waals surface area contributed by atoms with E-state index < -0.39 is 0 Å². The number of rotatable bonds is 3. The summed E-state index contributed by atoms with van der Waals surface area (Å²) in [6.07, 6.45) is 0. The highest BCUT2D eigenvalue weighted by atomic mass is 16.1. The summed E-state index contributed by atoms with van der Waals surface area (Å²) >= 11 is 0. The first-order valence-electron chi connectivity index (χ1n) is 7.05. The van der Waals surface area contributed by atoms with Crippen molar-refractivity contribution in [1.29, 1.82) is 0 Å². The van der Waals surface area contributed by atoms with Crippen LogP contribution in [0.3, 0.4) is 0 Å². The molecule has 108 valence electrons. The number of nitrogens with two attached hydrogens (primary N) is 1. The second-order valence-electron chi connectivity index (χ2n) is 5.02. The van der Waals surface area contributed by atoms with E-state index in [1.807, 2.05) is 66.7 Å². The van der Waals surface area contributed by atoms with Gasteiger partial charge in [-0.1, -0.05) is 48.5 Å². The normalized spacial score (nSPS) is 10.2. The van der Waals surface area contributed by atoms with Crippen molar-refractivity contribution in [3.05, 3.63) is 84.4 Å². The van der Waals surface area contributed by atoms with Gasteiger partial charge < -0.3 is 11.1 Å². The molecule has 0 fully saturated rings.